The summed E-state index contributed by atoms with van der Waals surface area (Å²) in [5.41, 5.74) is 18.5. The number of benzene rings is 9. The Morgan fingerprint density at radius 1 is 0.304 bits per heavy atom. The van der Waals surface area contributed by atoms with Crippen LogP contribution in [0.3, 0.4) is 0 Å². The van der Waals surface area contributed by atoms with E-state index in [9.17, 15) is 0 Å². The molecular weight excluding hydrogens is 675 g/mol. The van der Waals surface area contributed by atoms with Crippen LogP contribution in [0.4, 0.5) is 17.1 Å². The van der Waals surface area contributed by atoms with Gasteiger partial charge in [-0.2, -0.15) is 0 Å². The molecule has 266 valence electrons. The number of hydrogen-bond acceptors (Lipinski definition) is 1. The molecule has 1 nitrogen and oxygen atoms in total. The van der Waals surface area contributed by atoms with Gasteiger partial charge in [0.05, 0.1) is 0 Å². The SMILES string of the molecule is CC1(C)c2ccccc2-c2ccc(-c3ccc(N(c4ccc(-c5cccc(-c6cccc7ccccc67)c5)cc4)c4cccc(-c5ccccc5)c4)cc3)cc21. The molecule has 56 heavy (non-hydrogen) atoms. The Labute approximate surface area is 329 Å². The number of fused-ring (bicyclic) bond motifs is 4. The van der Waals surface area contributed by atoms with Crippen LogP contribution in [0.25, 0.3) is 66.4 Å². The summed E-state index contributed by atoms with van der Waals surface area (Å²) >= 11 is 0. The average Bonchev–Trinajstić information content (AvgIpc) is 3.50. The van der Waals surface area contributed by atoms with Crippen molar-refractivity contribution >= 4 is 27.8 Å². The van der Waals surface area contributed by atoms with Crippen LogP contribution in [0.2, 0.25) is 0 Å². The molecule has 0 unspecified atom stereocenters. The Balaban J connectivity index is 1.02. The normalized spacial score (nSPS) is 12.6. The average molecular weight is 716 g/mol. The lowest BCUT2D eigenvalue weighted by Gasteiger charge is -2.26. The third-order valence-corrected chi connectivity index (χ3v) is 11.7. The minimum Gasteiger partial charge on any atom is -0.310 e. The van der Waals surface area contributed by atoms with Crippen LogP contribution in [0, 0.1) is 0 Å². The lowest BCUT2D eigenvalue weighted by atomic mass is 9.81. The first-order chi connectivity index (χ1) is 27.5. The summed E-state index contributed by atoms with van der Waals surface area (Å²) in [6.45, 7) is 4.69. The molecular formula is C55H41N. The highest BCUT2D eigenvalue weighted by molar-refractivity contribution is 5.97. The zero-order valence-electron chi connectivity index (χ0n) is 31.7. The second kappa shape index (κ2) is 13.7. The molecule has 0 N–H and O–H groups in total. The molecule has 0 atom stereocenters. The summed E-state index contributed by atoms with van der Waals surface area (Å²) < 4.78 is 0. The van der Waals surface area contributed by atoms with Crippen molar-refractivity contribution in [3.63, 3.8) is 0 Å². The molecule has 0 bridgehead atoms. The van der Waals surface area contributed by atoms with Gasteiger partial charge in [-0.3, -0.25) is 0 Å². The monoisotopic (exact) mass is 715 g/mol. The van der Waals surface area contributed by atoms with Crippen molar-refractivity contribution in [3.05, 3.63) is 223 Å². The van der Waals surface area contributed by atoms with Gasteiger partial charge in [0.2, 0.25) is 0 Å². The maximum atomic E-state index is 2.40. The Kier molecular flexibility index (Phi) is 8.23. The van der Waals surface area contributed by atoms with E-state index in [2.05, 4.69) is 231 Å². The maximum absolute atomic E-state index is 2.40. The van der Waals surface area contributed by atoms with Gasteiger partial charge in [-0.05, 0) is 126 Å². The molecule has 0 heterocycles. The molecule has 0 saturated carbocycles. The summed E-state index contributed by atoms with van der Waals surface area (Å²) in [6.07, 6.45) is 0. The number of anilines is 3. The second-order valence-electron chi connectivity index (χ2n) is 15.4. The molecule has 1 heteroatoms. The quantitative estimate of drug-likeness (QED) is 0.159. The van der Waals surface area contributed by atoms with E-state index in [1.54, 1.807) is 0 Å². The first-order valence-corrected chi connectivity index (χ1v) is 19.5. The molecule has 1 aliphatic rings. The molecule has 0 saturated heterocycles. The van der Waals surface area contributed by atoms with E-state index in [-0.39, 0.29) is 5.41 Å². The molecule has 9 aromatic rings. The number of nitrogens with zero attached hydrogens (tertiary/aromatic N) is 1. The van der Waals surface area contributed by atoms with Crippen LogP contribution in [0.1, 0.15) is 25.0 Å². The number of rotatable bonds is 7. The van der Waals surface area contributed by atoms with E-state index in [0.717, 1.165) is 17.1 Å². The highest BCUT2D eigenvalue weighted by Crippen LogP contribution is 2.49. The van der Waals surface area contributed by atoms with E-state index in [4.69, 9.17) is 0 Å². The van der Waals surface area contributed by atoms with Gasteiger partial charge >= 0.3 is 0 Å². The van der Waals surface area contributed by atoms with Crippen molar-refractivity contribution in [2.45, 2.75) is 19.3 Å². The minimum atomic E-state index is -0.0359. The molecule has 0 aromatic heterocycles. The summed E-state index contributed by atoms with van der Waals surface area (Å²) in [5, 5.41) is 2.53. The topological polar surface area (TPSA) is 3.24 Å². The third-order valence-electron chi connectivity index (χ3n) is 11.7. The standard InChI is InChI=1S/C55H41N/c1-55(2)53-24-9-8-22-51(53)52-34-29-44(37-54(52)55)40-27-32-47(33-28-40)56(48-20-11-18-43(36-48)38-13-4-3-5-14-38)46-30-25-39(26-31-46)42-17-10-19-45(35-42)50-23-12-16-41-15-6-7-21-49(41)50/h3-37H,1-2H3. The largest absolute Gasteiger partial charge is 0.310 e. The molecule has 0 radical (unpaired) electrons. The van der Waals surface area contributed by atoms with Crippen molar-refractivity contribution in [1.29, 1.82) is 0 Å². The van der Waals surface area contributed by atoms with Gasteiger partial charge in [-0.15, -0.1) is 0 Å². The fourth-order valence-corrected chi connectivity index (χ4v) is 8.74. The lowest BCUT2D eigenvalue weighted by Crippen LogP contribution is -2.14. The fraction of sp³-hybridized carbons (Fsp3) is 0.0545. The van der Waals surface area contributed by atoms with Gasteiger partial charge in [0, 0.05) is 22.5 Å². The fourth-order valence-electron chi connectivity index (χ4n) is 8.74. The van der Waals surface area contributed by atoms with Crippen LogP contribution in [0.15, 0.2) is 212 Å². The Morgan fingerprint density at radius 3 is 1.57 bits per heavy atom. The number of hydrogen-bond donors (Lipinski definition) is 0. The van der Waals surface area contributed by atoms with E-state index in [0.29, 0.717) is 0 Å². The molecule has 10 rings (SSSR count). The molecule has 1 aliphatic carbocycles. The predicted octanol–water partition coefficient (Wildman–Crippen LogP) is 15.3. The van der Waals surface area contributed by atoms with Gasteiger partial charge in [0.25, 0.3) is 0 Å². The predicted molar refractivity (Wildman–Crippen MR) is 238 cm³/mol. The van der Waals surface area contributed by atoms with E-state index in [1.807, 2.05) is 0 Å². The van der Waals surface area contributed by atoms with E-state index >= 15 is 0 Å². The zero-order chi connectivity index (χ0) is 37.6. The van der Waals surface area contributed by atoms with Gasteiger partial charge < -0.3 is 4.90 Å². The minimum absolute atomic E-state index is 0.0359. The summed E-state index contributed by atoms with van der Waals surface area (Å²) in [6, 6.07) is 77.5. The van der Waals surface area contributed by atoms with E-state index in [1.165, 1.54) is 77.5 Å². The van der Waals surface area contributed by atoms with Crippen LogP contribution in [0.5, 0.6) is 0 Å². The van der Waals surface area contributed by atoms with Crippen molar-refractivity contribution in [2.75, 3.05) is 4.90 Å². The second-order valence-corrected chi connectivity index (χ2v) is 15.4. The van der Waals surface area contributed by atoms with Gasteiger partial charge in [-0.25, -0.2) is 0 Å². The highest BCUT2D eigenvalue weighted by Gasteiger charge is 2.35. The van der Waals surface area contributed by atoms with Crippen LogP contribution in [-0.2, 0) is 5.41 Å². The molecule has 0 spiro atoms. The van der Waals surface area contributed by atoms with Gasteiger partial charge in [-0.1, -0.05) is 178 Å². The molecule has 0 amide bonds. The highest BCUT2D eigenvalue weighted by atomic mass is 15.1. The van der Waals surface area contributed by atoms with Crippen molar-refractivity contribution in [3.8, 4) is 55.6 Å². The lowest BCUT2D eigenvalue weighted by molar-refractivity contribution is 0.660. The molecule has 0 fully saturated rings. The zero-order valence-corrected chi connectivity index (χ0v) is 31.7. The van der Waals surface area contributed by atoms with Crippen molar-refractivity contribution in [2.24, 2.45) is 0 Å². The Bertz CT molecular complexity index is 2860. The summed E-state index contributed by atoms with van der Waals surface area (Å²) in [5.74, 6) is 0. The van der Waals surface area contributed by atoms with Gasteiger partial charge in [0.1, 0.15) is 0 Å². The Hall–Kier alpha value is -6.96. The van der Waals surface area contributed by atoms with Gasteiger partial charge in [0.15, 0.2) is 0 Å². The first-order valence-electron chi connectivity index (χ1n) is 19.5. The summed E-state index contributed by atoms with van der Waals surface area (Å²) in [4.78, 5) is 2.37. The molecule has 9 aromatic carbocycles. The maximum Gasteiger partial charge on any atom is 0.0467 e. The van der Waals surface area contributed by atoms with Crippen LogP contribution >= 0.6 is 0 Å². The third kappa shape index (κ3) is 5.90. The van der Waals surface area contributed by atoms with Crippen LogP contribution in [-0.4, -0.2) is 0 Å². The van der Waals surface area contributed by atoms with Crippen molar-refractivity contribution in [1.82, 2.24) is 0 Å². The van der Waals surface area contributed by atoms with Crippen molar-refractivity contribution < 1.29 is 0 Å². The smallest absolute Gasteiger partial charge is 0.0467 e. The molecule has 0 aliphatic heterocycles. The summed E-state index contributed by atoms with van der Waals surface area (Å²) in [7, 11) is 0. The Morgan fingerprint density at radius 2 is 0.804 bits per heavy atom. The van der Waals surface area contributed by atoms with E-state index < -0.39 is 0 Å². The first kappa shape index (κ1) is 33.6. The van der Waals surface area contributed by atoms with Crippen LogP contribution < -0.4 is 4.90 Å².